The molecule has 0 radical (unpaired) electrons. The topological polar surface area (TPSA) is 83.6 Å². The number of carbonyl (C=O) groups excluding carboxylic acids is 2. The van der Waals surface area contributed by atoms with Crippen molar-refractivity contribution in [1.82, 2.24) is 5.32 Å². The number of hydrogen-bond acceptors (Lipinski definition) is 4. The van der Waals surface area contributed by atoms with Gasteiger partial charge in [0.05, 0.1) is 22.4 Å². The van der Waals surface area contributed by atoms with Crippen LogP contribution in [0.5, 0.6) is 0 Å². The number of rotatable bonds is 5. The smallest absolute Gasteiger partial charge is 0.251 e. The summed E-state index contributed by atoms with van der Waals surface area (Å²) in [5.41, 5.74) is 1.67. The van der Waals surface area contributed by atoms with Crippen molar-refractivity contribution in [2.75, 3.05) is 16.6 Å². The van der Waals surface area contributed by atoms with Gasteiger partial charge in [-0.3, -0.25) is 9.59 Å². The summed E-state index contributed by atoms with van der Waals surface area (Å²) in [7, 11) is -3.77. The van der Waals surface area contributed by atoms with Crippen LogP contribution in [0.15, 0.2) is 29.8 Å². The van der Waals surface area contributed by atoms with Gasteiger partial charge in [-0.05, 0) is 50.3 Å². The molecule has 1 aliphatic heterocycles. The van der Waals surface area contributed by atoms with Crippen molar-refractivity contribution in [2.24, 2.45) is 5.92 Å². The number of halogens is 1. The average molecular weight is 411 g/mol. The van der Waals surface area contributed by atoms with E-state index in [0.717, 1.165) is 23.6 Å². The summed E-state index contributed by atoms with van der Waals surface area (Å²) in [5.74, 6) is -1.74. The molecule has 1 heterocycles. The molecular formula is C19H23ClN2O4S. The number of amides is 2. The van der Waals surface area contributed by atoms with Gasteiger partial charge in [0, 0.05) is 12.1 Å². The maximum absolute atomic E-state index is 12.4. The first kappa shape index (κ1) is 19.9. The van der Waals surface area contributed by atoms with E-state index in [9.17, 15) is 18.0 Å². The number of allylic oxidation sites excluding steroid dienone is 1. The molecule has 8 heteroatoms. The van der Waals surface area contributed by atoms with Crippen LogP contribution in [-0.2, 0) is 14.8 Å². The molecule has 1 aromatic rings. The van der Waals surface area contributed by atoms with Crippen molar-refractivity contribution in [1.29, 1.82) is 0 Å². The summed E-state index contributed by atoms with van der Waals surface area (Å²) >= 11 is 6.13. The molecule has 1 saturated heterocycles. The second-order valence-corrected chi connectivity index (χ2v) is 9.33. The molecule has 27 heavy (non-hydrogen) atoms. The van der Waals surface area contributed by atoms with E-state index in [1.54, 1.807) is 6.92 Å². The largest absolute Gasteiger partial charge is 0.352 e. The fraction of sp³-hybridized carbons (Fsp3) is 0.474. The number of hydrogen-bond donors (Lipinski definition) is 1. The summed E-state index contributed by atoms with van der Waals surface area (Å²) in [4.78, 5) is 24.7. The number of nitrogens with one attached hydrogen (secondary N) is 1. The Bertz CT molecular complexity index is 895. The van der Waals surface area contributed by atoms with Crippen molar-refractivity contribution in [3.63, 3.8) is 0 Å². The Morgan fingerprint density at radius 2 is 2.11 bits per heavy atom. The van der Waals surface area contributed by atoms with Crippen molar-refractivity contribution < 1.29 is 18.0 Å². The maximum Gasteiger partial charge on any atom is 0.251 e. The van der Waals surface area contributed by atoms with E-state index in [-0.39, 0.29) is 27.9 Å². The minimum absolute atomic E-state index is 0.0358. The van der Waals surface area contributed by atoms with Gasteiger partial charge >= 0.3 is 0 Å². The molecule has 1 aliphatic carbocycles. The Balaban J connectivity index is 1.74. The van der Waals surface area contributed by atoms with Crippen LogP contribution in [0.25, 0.3) is 0 Å². The average Bonchev–Trinajstić information content (AvgIpc) is 2.83. The molecule has 3 rings (SSSR count). The minimum atomic E-state index is -3.77. The van der Waals surface area contributed by atoms with Crippen molar-refractivity contribution in [3.05, 3.63) is 40.4 Å². The van der Waals surface area contributed by atoms with Crippen LogP contribution in [0, 0.1) is 5.92 Å². The van der Waals surface area contributed by atoms with Crippen LogP contribution in [0.2, 0.25) is 5.02 Å². The molecule has 1 atom stereocenters. The summed E-state index contributed by atoms with van der Waals surface area (Å²) in [5, 5.41) is 2.96. The second kappa shape index (κ2) is 8.02. The predicted molar refractivity (Wildman–Crippen MR) is 105 cm³/mol. The Labute approximate surface area is 164 Å². The number of carbonyl (C=O) groups is 2. The fourth-order valence-corrected chi connectivity index (χ4v) is 5.53. The van der Waals surface area contributed by atoms with Crippen LogP contribution in [0.3, 0.4) is 0 Å². The molecule has 1 unspecified atom stereocenters. The first-order valence-corrected chi connectivity index (χ1v) is 11.1. The first-order valence-electron chi connectivity index (χ1n) is 9.12. The van der Waals surface area contributed by atoms with E-state index in [4.69, 9.17) is 11.6 Å². The van der Waals surface area contributed by atoms with E-state index in [0.29, 0.717) is 6.54 Å². The number of benzene rings is 1. The van der Waals surface area contributed by atoms with Gasteiger partial charge in [-0.25, -0.2) is 12.7 Å². The highest BCUT2D eigenvalue weighted by Crippen LogP contribution is 2.34. The van der Waals surface area contributed by atoms with Gasteiger partial charge in [-0.2, -0.15) is 0 Å². The fourth-order valence-electron chi connectivity index (χ4n) is 3.45. The molecule has 1 N–H and O–H groups in total. The SMILES string of the molecule is CC1CS(=O)(=O)N(c2cc(C(=O)NCCC3=CCCCC3)ccc2Cl)C1=O. The molecule has 0 spiro atoms. The summed E-state index contributed by atoms with van der Waals surface area (Å²) in [6.07, 6.45) is 7.63. The lowest BCUT2D eigenvalue weighted by Gasteiger charge is -2.18. The van der Waals surface area contributed by atoms with Gasteiger partial charge in [0.25, 0.3) is 5.91 Å². The third-order valence-electron chi connectivity index (χ3n) is 4.90. The Hall–Kier alpha value is -1.86. The summed E-state index contributed by atoms with van der Waals surface area (Å²) in [6.45, 7) is 2.07. The molecule has 2 aliphatic rings. The first-order chi connectivity index (χ1) is 12.8. The van der Waals surface area contributed by atoms with Crippen LogP contribution in [0.1, 0.15) is 49.4 Å². The molecule has 2 amide bonds. The quantitative estimate of drug-likeness (QED) is 0.755. The highest BCUT2D eigenvalue weighted by molar-refractivity contribution is 7.94. The van der Waals surface area contributed by atoms with Crippen LogP contribution >= 0.6 is 11.6 Å². The highest BCUT2D eigenvalue weighted by Gasteiger charge is 2.43. The van der Waals surface area contributed by atoms with Crippen molar-refractivity contribution in [3.8, 4) is 0 Å². The molecule has 1 aromatic carbocycles. The Kier molecular flexibility index (Phi) is 5.91. The van der Waals surface area contributed by atoms with Crippen LogP contribution in [0.4, 0.5) is 5.69 Å². The van der Waals surface area contributed by atoms with E-state index >= 15 is 0 Å². The summed E-state index contributed by atoms with van der Waals surface area (Å²) in [6, 6.07) is 4.34. The molecule has 6 nitrogen and oxygen atoms in total. The zero-order valence-electron chi connectivity index (χ0n) is 15.2. The normalized spacial score (nSPS) is 21.9. The van der Waals surface area contributed by atoms with E-state index < -0.39 is 21.8 Å². The van der Waals surface area contributed by atoms with E-state index in [1.807, 2.05) is 0 Å². The molecule has 0 bridgehead atoms. The van der Waals surface area contributed by atoms with Gasteiger partial charge in [-0.1, -0.05) is 30.2 Å². The maximum atomic E-state index is 12.4. The van der Waals surface area contributed by atoms with Crippen LogP contribution < -0.4 is 9.62 Å². The van der Waals surface area contributed by atoms with E-state index in [1.165, 1.54) is 36.6 Å². The lowest BCUT2D eigenvalue weighted by atomic mass is 9.97. The van der Waals surface area contributed by atoms with E-state index in [2.05, 4.69) is 11.4 Å². The lowest BCUT2D eigenvalue weighted by Crippen LogP contribution is -2.31. The van der Waals surface area contributed by atoms with Gasteiger partial charge in [-0.15, -0.1) is 0 Å². The van der Waals surface area contributed by atoms with Gasteiger partial charge < -0.3 is 5.32 Å². The number of sulfonamides is 1. The molecule has 1 fully saturated rings. The second-order valence-electron chi connectivity index (χ2n) is 7.06. The van der Waals surface area contributed by atoms with Crippen molar-refractivity contribution >= 4 is 39.1 Å². The molecule has 0 aromatic heterocycles. The van der Waals surface area contributed by atoms with Gasteiger partial charge in [0.1, 0.15) is 0 Å². The zero-order valence-corrected chi connectivity index (χ0v) is 16.8. The summed E-state index contributed by atoms with van der Waals surface area (Å²) < 4.78 is 25.3. The molecule has 146 valence electrons. The third-order valence-corrected chi connectivity index (χ3v) is 7.08. The molecule has 0 saturated carbocycles. The lowest BCUT2D eigenvalue weighted by molar-refractivity contribution is -0.119. The number of anilines is 1. The van der Waals surface area contributed by atoms with Crippen molar-refractivity contribution in [2.45, 2.75) is 39.0 Å². The zero-order chi connectivity index (χ0) is 19.6. The molecular weight excluding hydrogens is 388 g/mol. The standard InChI is InChI=1S/C19H23ClN2O4S/c1-13-12-27(25,26)22(19(13)24)17-11-15(7-8-16(17)20)18(23)21-10-9-14-5-3-2-4-6-14/h5,7-8,11,13H,2-4,6,9-10,12H2,1H3,(H,21,23). The van der Waals surface area contributed by atoms with Crippen LogP contribution in [-0.4, -0.2) is 32.5 Å². The predicted octanol–water partition coefficient (Wildman–Crippen LogP) is 3.27. The van der Waals surface area contributed by atoms with Gasteiger partial charge in [0.2, 0.25) is 15.9 Å². The highest BCUT2D eigenvalue weighted by atomic mass is 35.5. The monoisotopic (exact) mass is 410 g/mol. The van der Waals surface area contributed by atoms with Gasteiger partial charge in [0.15, 0.2) is 0 Å². The Morgan fingerprint density at radius 3 is 2.74 bits per heavy atom. The Morgan fingerprint density at radius 1 is 1.33 bits per heavy atom. The number of nitrogens with zero attached hydrogens (tertiary/aromatic N) is 1. The third kappa shape index (κ3) is 4.35. The minimum Gasteiger partial charge on any atom is -0.352 e.